The van der Waals surface area contributed by atoms with Crippen molar-refractivity contribution < 1.29 is 47.7 Å². The molecule has 3 heterocycles. The second-order valence-corrected chi connectivity index (χ2v) is 16.8. The maximum absolute atomic E-state index is 13.1. The van der Waals surface area contributed by atoms with E-state index in [-0.39, 0.29) is 25.5 Å². The lowest BCUT2D eigenvalue weighted by Crippen LogP contribution is -2.41. The van der Waals surface area contributed by atoms with Crippen LogP contribution in [0, 0.1) is 30.6 Å². The summed E-state index contributed by atoms with van der Waals surface area (Å²) in [6.45, 7) is 3.65. The molecule has 1 saturated heterocycles. The Morgan fingerprint density at radius 1 is 0.949 bits per heavy atom. The molecule has 1 fully saturated rings. The zero-order valence-corrected chi connectivity index (χ0v) is 36.0. The van der Waals surface area contributed by atoms with E-state index in [1.807, 2.05) is 0 Å². The molecule has 0 amide bonds. The van der Waals surface area contributed by atoms with Crippen molar-refractivity contribution in [3.8, 4) is 24.2 Å². The number of unbranched alkanes of at least 4 members (excludes halogenated alkanes) is 15. The molecule has 0 spiro atoms. The van der Waals surface area contributed by atoms with Crippen molar-refractivity contribution in [2.45, 2.75) is 153 Å². The van der Waals surface area contributed by atoms with Gasteiger partial charge in [0.1, 0.15) is 36.5 Å². The summed E-state index contributed by atoms with van der Waals surface area (Å²) >= 11 is 0. The Hall–Kier alpha value is -3.40. The highest BCUT2D eigenvalue weighted by molar-refractivity contribution is 7.47. The molecule has 15 heteroatoms. The van der Waals surface area contributed by atoms with Crippen LogP contribution < -0.4 is 4.74 Å². The monoisotopic (exact) mass is 840 g/mol. The van der Waals surface area contributed by atoms with Crippen LogP contribution in [0.3, 0.4) is 0 Å². The minimum Gasteiger partial charge on any atom is -0.497 e. The third kappa shape index (κ3) is 14.9. The fraction of sp³-hybridized carbons (Fsp3) is 0.659. The smallest absolute Gasteiger partial charge is 0.472 e. The second-order valence-electron chi connectivity index (χ2n) is 15.4. The molecule has 1 aliphatic heterocycles. The van der Waals surface area contributed by atoms with Crippen LogP contribution in [-0.2, 0) is 40.0 Å². The third-order valence-corrected chi connectivity index (χ3v) is 11.7. The number of hydrogen-bond acceptors (Lipinski definition) is 12. The number of phosphoric ester groups is 1. The molecule has 3 N–H and O–H groups in total. The van der Waals surface area contributed by atoms with Crippen LogP contribution in [0.1, 0.15) is 132 Å². The number of ether oxygens (including phenoxy) is 4. The van der Waals surface area contributed by atoms with E-state index in [0.717, 1.165) is 19.3 Å². The summed E-state index contributed by atoms with van der Waals surface area (Å²) in [7, 11) is -3.25. The second kappa shape index (κ2) is 25.4. The lowest BCUT2D eigenvalue weighted by molar-refractivity contribution is -0.0681. The lowest BCUT2D eigenvalue weighted by Gasteiger charge is -2.26. The fourth-order valence-electron chi connectivity index (χ4n) is 7.33. The predicted molar refractivity (Wildman–Crippen MR) is 224 cm³/mol. The van der Waals surface area contributed by atoms with E-state index in [2.05, 4.69) is 29.0 Å². The number of benzene rings is 1. The third-order valence-electron chi connectivity index (χ3n) is 10.8. The van der Waals surface area contributed by atoms with Gasteiger partial charge in [-0.3, -0.25) is 9.05 Å². The molecule has 1 aliphatic rings. The molecule has 0 radical (unpaired) electrons. The van der Waals surface area contributed by atoms with E-state index in [1.54, 1.807) is 37.3 Å². The number of phosphoric acid groups is 1. The molecule has 1 aromatic carbocycles. The number of nitrogens with zero attached hydrogens (tertiary/aromatic N) is 4. The Kier molecular flexibility index (Phi) is 20.8. The molecule has 0 saturated carbocycles. The Balaban J connectivity index is 1.22. The molecule has 3 aromatic rings. The summed E-state index contributed by atoms with van der Waals surface area (Å²) in [6.07, 6.45) is 22.3. The molecule has 1 unspecified atom stereocenters. The molecular weight excluding hydrogens is 775 g/mol. The number of rotatable bonds is 30. The van der Waals surface area contributed by atoms with Gasteiger partial charge in [0, 0.05) is 6.61 Å². The molecule has 326 valence electrons. The van der Waals surface area contributed by atoms with Gasteiger partial charge in [-0.15, -0.1) is 6.42 Å². The number of aromatic nitrogens is 3. The first-order valence-electron chi connectivity index (χ1n) is 21.3. The van der Waals surface area contributed by atoms with E-state index >= 15 is 0 Å². The normalized spacial score (nSPS) is 20.6. The standard InChI is InChI=1S/C44H65N4O10P/c1-5-7-8-9-10-11-12-13-14-15-16-17-18-19-20-21-24-54-30-38(55-29-36-25-35(28-45)26-37(27-36)53-4)31-56-59(51,52)57-32-40-42(49)43(50)44(6-2,58-40)41-23-22-39-34(3)46-33-47-48(39)41/h2,22-23,25-27,33,38,40,42-43,49-50H,5,7-21,24,29-32H2,1,3-4H3,(H,51,52)/t38-,40-,42-,43-,44+/m1/s1. The Morgan fingerprint density at radius 2 is 1.59 bits per heavy atom. The van der Waals surface area contributed by atoms with Crippen molar-refractivity contribution in [1.82, 2.24) is 14.6 Å². The fourth-order valence-corrected chi connectivity index (χ4v) is 8.10. The quantitative estimate of drug-likeness (QED) is 0.0335. The zero-order valence-electron chi connectivity index (χ0n) is 35.1. The highest BCUT2D eigenvalue weighted by Crippen LogP contribution is 2.46. The van der Waals surface area contributed by atoms with Gasteiger partial charge < -0.3 is 34.1 Å². The summed E-state index contributed by atoms with van der Waals surface area (Å²) < 4.78 is 48.5. The van der Waals surface area contributed by atoms with Crippen molar-refractivity contribution >= 4 is 13.3 Å². The number of aliphatic hydroxyl groups is 2. The summed E-state index contributed by atoms with van der Waals surface area (Å²) in [5.41, 5.74) is 0.774. The Morgan fingerprint density at radius 3 is 2.20 bits per heavy atom. The maximum Gasteiger partial charge on any atom is 0.472 e. The highest BCUT2D eigenvalue weighted by atomic mass is 31.2. The largest absolute Gasteiger partial charge is 0.497 e. The minimum atomic E-state index is -4.75. The van der Waals surface area contributed by atoms with Crippen LogP contribution in [-0.4, -0.2) is 87.7 Å². The van der Waals surface area contributed by atoms with Crippen LogP contribution in [0.15, 0.2) is 36.7 Å². The van der Waals surface area contributed by atoms with Gasteiger partial charge in [0.2, 0.25) is 0 Å². The average molecular weight is 841 g/mol. The summed E-state index contributed by atoms with van der Waals surface area (Å²) in [6, 6.07) is 10.4. The van der Waals surface area contributed by atoms with Gasteiger partial charge >= 0.3 is 7.82 Å². The van der Waals surface area contributed by atoms with Gasteiger partial charge in [0.25, 0.3) is 0 Å². The molecule has 14 nitrogen and oxygen atoms in total. The van der Waals surface area contributed by atoms with Gasteiger partial charge in [0.05, 0.1) is 62.1 Å². The number of fused-ring (bicyclic) bond motifs is 1. The molecule has 59 heavy (non-hydrogen) atoms. The predicted octanol–water partition coefficient (Wildman–Crippen LogP) is 7.86. The van der Waals surface area contributed by atoms with Crippen LogP contribution in [0.5, 0.6) is 5.75 Å². The van der Waals surface area contributed by atoms with Crippen LogP contribution in [0.4, 0.5) is 0 Å². The summed E-state index contributed by atoms with van der Waals surface area (Å²) in [4.78, 5) is 14.8. The van der Waals surface area contributed by atoms with Crippen molar-refractivity contribution in [3.05, 3.63) is 59.2 Å². The number of aliphatic hydroxyl groups excluding tert-OH is 2. The molecule has 4 rings (SSSR count). The molecule has 2 aromatic heterocycles. The van der Waals surface area contributed by atoms with Crippen molar-refractivity contribution in [1.29, 1.82) is 5.26 Å². The van der Waals surface area contributed by atoms with E-state index in [1.165, 1.54) is 101 Å². The van der Waals surface area contributed by atoms with Crippen LogP contribution in [0.25, 0.3) is 5.52 Å². The maximum atomic E-state index is 13.1. The first-order valence-corrected chi connectivity index (χ1v) is 22.8. The number of terminal acetylenes is 1. The number of hydrogen-bond donors (Lipinski definition) is 3. The number of methoxy groups -OCH3 is 1. The van der Waals surface area contributed by atoms with Crippen molar-refractivity contribution in [2.75, 3.05) is 33.5 Å². The average Bonchev–Trinajstić information content (AvgIpc) is 3.79. The van der Waals surface area contributed by atoms with E-state index < -0.39 is 44.4 Å². The number of nitriles is 1. The molecular formula is C44H65N4O10P. The summed E-state index contributed by atoms with van der Waals surface area (Å²) in [5, 5.41) is 35.7. The summed E-state index contributed by atoms with van der Waals surface area (Å²) in [5.74, 6) is 2.94. The Labute approximate surface area is 350 Å². The highest BCUT2D eigenvalue weighted by Gasteiger charge is 2.56. The van der Waals surface area contributed by atoms with Gasteiger partial charge in [-0.2, -0.15) is 10.4 Å². The first-order chi connectivity index (χ1) is 28.6. The van der Waals surface area contributed by atoms with Gasteiger partial charge in [-0.1, -0.05) is 109 Å². The Bertz CT molecular complexity index is 1830. The van der Waals surface area contributed by atoms with E-state index in [4.69, 9.17) is 34.4 Å². The zero-order chi connectivity index (χ0) is 42.5. The van der Waals surface area contributed by atoms with Gasteiger partial charge in [-0.05, 0) is 49.2 Å². The molecule has 0 bridgehead atoms. The van der Waals surface area contributed by atoms with Crippen LogP contribution >= 0.6 is 7.82 Å². The van der Waals surface area contributed by atoms with Gasteiger partial charge in [-0.25, -0.2) is 14.1 Å². The number of aryl methyl sites for hydroxylation is 1. The molecule has 6 atom stereocenters. The minimum absolute atomic E-state index is 0.0476. The van der Waals surface area contributed by atoms with Gasteiger partial charge in [0.15, 0.2) is 5.60 Å². The van der Waals surface area contributed by atoms with Crippen LogP contribution in [0.2, 0.25) is 0 Å². The molecule has 0 aliphatic carbocycles. The lowest BCUT2D eigenvalue weighted by atomic mass is 9.92. The van der Waals surface area contributed by atoms with E-state index in [0.29, 0.717) is 34.7 Å². The SMILES string of the molecule is C#C[C@@]1(c2ccc3c(C)ncnn23)O[C@H](COP(=O)(O)OC[C@@H](COCCCCCCCCCCCCCCCCCC)OCc2cc(C#N)cc(OC)c2)[C@@H](O)[C@H]1O. The topological polar surface area (TPSA) is 187 Å². The van der Waals surface area contributed by atoms with Crippen molar-refractivity contribution in [2.24, 2.45) is 0 Å². The van der Waals surface area contributed by atoms with Crippen molar-refractivity contribution in [3.63, 3.8) is 0 Å². The first kappa shape index (κ1) is 48.3. The van der Waals surface area contributed by atoms with E-state index in [9.17, 15) is 24.9 Å².